The van der Waals surface area contributed by atoms with Crippen molar-refractivity contribution in [3.05, 3.63) is 52.5 Å². The molecule has 0 spiro atoms. The van der Waals surface area contributed by atoms with Gasteiger partial charge in [-0.3, -0.25) is 4.40 Å². The number of hydrogen-bond donors (Lipinski definition) is 1. The normalized spacial score (nSPS) is 13.1. The predicted molar refractivity (Wildman–Crippen MR) is 109 cm³/mol. The Morgan fingerprint density at radius 1 is 1.00 bits per heavy atom. The summed E-state index contributed by atoms with van der Waals surface area (Å²) in [5.74, 6) is 3.50. The molecule has 0 amide bonds. The molecule has 8 heteroatoms. The smallest absolute Gasteiger partial charge is 0.236 e. The van der Waals surface area contributed by atoms with Gasteiger partial charge in [0, 0.05) is 23.1 Å². The first kappa shape index (κ1) is 17.1. The lowest BCUT2D eigenvalue weighted by molar-refractivity contribution is 0.171. The van der Waals surface area contributed by atoms with E-state index in [1.807, 2.05) is 54.6 Å². The minimum absolute atomic E-state index is 0.542. The Morgan fingerprint density at radius 2 is 1.82 bits per heavy atom. The van der Waals surface area contributed by atoms with Gasteiger partial charge in [-0.15, -0.1) is 0 Å². The molecule has 5 rings (SSSR count). The van der Waals surface area contributed by atoms with Crippen LogP contribution in [0.15, 0.2) is 45.5 Å². The first-order valence-electron chi connectivity index (χ1n) is 8.87. The van der Waals surface area contributed by atoms with Crippen molar-refractivity contribution in [2.45, 2.75) is 13.8 Å². The zero-order chi connectivity index (χ0) is 19.3. The van der Waals surface area contributed by atoms with E-state index >= 15 is 0 Å². The van der Waals surface area contributed by atoms with E-state index in [0.29, 0.717) is 35.1 Å². The zero-order valence-corrected chi connectivity index (χ0v) is 16.9. The Kier molecular flexibility index (Phi) is 4.01. The number of imidazole rings is 1. The zero-order valence-electron chi connectivity index (χ0n) is 15.3. The lowest BCUT2D eigenvalue weighted by Gasteiger charge is -2.19. The van der Waals surface area contributed by atoms with Gasteiger partial charge in [-0.25, -0.2) is 9.97 Å². The number of furan rings is 1. The van der Waals surface area contributed by atoms with E-state index in [1.54, 1.807) is 0 Å². The van der Waals surface area contributed by atoms with Gasteiger partial charge < -0.3 is 19.2 Å². The van der Waals surface area contributed by atoms with E-state index in [1.165, 1.54) is 0 Å². The quantitative estimate of drug-likeness (QED) is 0.489. The minimum Gasteiger partial charge on any atom is -0.486 e. The minimum atomic E-state index is 0.542. The number of fused-ring (bicyclic) bond motifs is 2. The van der Waals surface area contributed by atoms with Crippen LogP contribution >= 0.6 is 15.9 Å². The molecule has 7 nitrogen and oxygen atoms in total. The second kappa shape index (κ2) is 6.56. The standard InChI is InChI=1S/C20H17BrN4O3/c1-11-9-12(2)25-19(18(24-20(25)22-11)15-5-6-17(21)28-15)23-13-3-4-14-16(10-13)27-8-7-26-14/h3-6,9-10,23H,7-8H2,1-2H3. The molecule has 0 fully saturated rings. The molecule has 1 aromatic carbocycles. The van der Waals surface area contributed by atoms with Crippen LogP contribution in [0.2, 0.25) is 0 Å². The fraction of sp³-hybridized carbons (Fsp3) is 0.200. The molecule has 0 bridgehead atoms. The average molecular weight is 441 g/mol. The lowest BCUT2D eigenvalue weighted by atomic mass is 10.2. The van der Waals surface area contributed by atoms with Crippen molar-refractivity contribution in [1.29, 1.82) is 0 Å². The highest BCUT2D eigenvalue weighted by molar-refractivity contribution is 9.10. The molecule has 0 radical (unpaired) electrons. The summed E-state index contributed by atoms with van der Waals surface area (Å²) in [6.45, 7) is 5.09. The molecule has 142 valence electrons. The van der Waals surface area contributed by atoms with Gasteiger partial charge in [0.2, 0.25) is 5.78 Å². The first-order chi connectivity index (χ1) is 13.6. The highest BCUT2D eigenvalue weighted by Crippen LogP contribution is 2.37. The molecule has 3 aromatic heterocycles. The summed E-state index contributed by atoms with van der Waals surface area (Å²) in [7, 11) is 0. The van der Waals surface area contributed by atoms with Gasteiger partial charge in [0.25, 0.3) is 0 Å². The summed E-state index contributed by atoms with van der Waals surface area (Å²) >= 11 is 3.36. The Morgan fingerprint density at radius 3 is 2.61 bits per heavy atom. The van der Waals surface area contributed by atoms with Gasteiger partial charge in [-0.1, -0.05) is 0 Å². The van der Waals surface area contributed by atoms with Crippen LogP contribution in [0.5, 0.6) is 11.5 Å². The van der Waals surface area contributed by atoms with E-state index < -0.39 is 0 Å². The molecule has 1 aliphatic heterocycles. The predicted octanol–water partition coefficient (Wildman–Crippen LogP) is 4.88. The van der Waals surface area contributed by atoms with Crippen molar-refractivity contribution in [3.8, 4) is 23.0 Å². The molecule has 0 saturated carbocycles. The summed E-state index contributed by atoms with van der Waals surface area (Å²) in [5, 5.41) is 3.46. The Bertz CT molecular complexity index is 1200. The van der Waals surface area contributed by atoms with Gasteiger partial charge in [-0.05, 0) is 60.1 Å². The number of benzene rings is 1. The van der Waals surface area contributed by atoms with Crippen molar-refractivity contribution in [1.82, 2.24) is 14.4 Å². The molecule has 1 N–H and O–H groups in total. The number of nitrogens with zero attached hydrogens (tertiary/aromatic N) is 3. The summed E-state index contributed by atoms with van der Waals surface area (Å²) in [5.41, 5.74) is 3.47. The number of hydrogen-bond acceptors (Lipinski definition) is 6. The summed E-state index contributed by atoms with van der Waals surface area (Å²) < 4.78 is 19.7. The van der Waals surface area contributed by atoms with Crippen LogP contribution in [0.3, 0.4) is 0 Å². The van der Waals surface area contributed by atoms with E-state index in [4.69, 9.17) is 18.9 Å². The number of aryl methyl sites for hydroxylation is 2. The largest absolute Gasteiger partial charge is 0.486 e. The average Bonchev–Trinajstić information content (AvgIpc) is 3.25. The van der Waals surface area contributed by atoms with Crippen molar-refractivity contribution < 1.29 is 13.9 Å². The summed E-state index contributed by atoms with van der Waals surface area (Å²) in [6.07, 6.45) is 0. The molecule has 1 aliphatic rings. The van der Waals surface area contributed by atoms with Gasteiger partial charge in [0.05, 0.1) is 0 Å². The fourth-order valence-corrected chi connectivity index (χ4v) is 3.67. The van der Waals surface area contributed by atoms with Crippen LogP contribution in [0, 0.1) is 13.8 Å². The van der Waals surface area contributed by atoms with Gasteiger partial charge in [0.1, 0.15) is 19.0 Å². The fourth-order valence-electron chi connectivity index (χ4n) is 3.36. The molecule has 0 atom stereocenters. The number of nitrogens with one attached hydrogen (secondary N) is 1. The topological polar surface area (TPSA) is 73.8 Å². The number of aromatic nitrogens is 3. The lowest BCUT2D eigenvalue weighted by Crippen LogP contribution is -2.15. The van der Waals surface area contributed by atoms with Gasteiger partial charge in [-0.2, -0.15) is 0 Å². The number of anilines is 2. The van der Waals surface area contributed by atoms with E-state index in [9.17, 15) is 0 Å². The molecule has 28 heavy (non-hydrogen) atoms. The summed E-state index contributed by atoms with van der Waals surface area (Å²) in [4.78, 5) is 9.30. The van der Waals surface area contributed by atoms with E-state index in [-0.39, 0.29) is 0 Å². The maximum Gasteiger partial charge on any atom is 0.236 e. The third kappa shape index (κ3) is 2.90. The SMILES string of the molecule is Cc1cc(C)n2c(Nc3ccc4c(c3)OCCO4)c(-c3ccc(Br)o3)nc2n1. The van der Waals surface area contributed by atoms with Crippen molar-refractivity contribution in [2.24, 2.45) is 0 Å². The Balaban J connectivity index is 1.66. The third-order valence-electron chi connectivity index (χ3n) is 4.52. The maximum absolute atomic E-state index is 5.77. The second-order valence-corrected chi connectivity index (χ2v) is 7.35. The van der Waals surface area contributed by atoms with Crippen molar-refractivity contribution >= 4 is 33.2 Å². The Hall–Kier alpha value is -3.00. The molecular weight excluding hydrogens is 424 g/mol. The molecule has 0 unspecified atom stereocenters. The highest BCUT2D eigenvalue weighted by Gasteiger charge is 2.20. The number of halogens is 1. The number of rotatable bonds is 3. The van der Waals surface area contributed by atoms with Gasteiger partial charge in [0.15, 0.2) is 27.6 Å². The molecule has 4 aromatic rings. The number of ether oxygens (including phenoxy) is 2. The first-order valence-corrected chi connectivity index (χ1v) is 9.67. The van der Waals surface area contributed by atoms with Crippen LogP contribution in [-0.4, -0.2) is 27.6 Å². The van der Waals surface area contributed by atoms with Crippen LogP contribution in [0.1, 0.15) is 11.4 Å². The maximum atomic E-state index is 5.77. The van der Waals surface area contributed by atoms with Crippen LogP contribution in [0.25, 0.3) is 17.2 Å². The van der Waals surface area contributed by atoms with Crippen LogP contribution in [0.4, 0.5) is 11.5 Å². The van der Waals surface area contributed by atoms with Gasteiger partial charge >= 0.3 is 0 Å². The van der Waals surface area contributed by atoms with Crippen LogP contribution in [-0.2, 0) is 0 Å². The third-order valence-corrected chi connectivity index (χ3v) is 4.94. The van der Waals surface area contributed by atoms with Crippen molar-refractivity contribution in [3.63, 3.8) is 0 Å². The molecule has 0 saturated heterocycles. The highest BCUT2D eigenvalue weighted by atomic mass is 79.9. The van der Waals surface area contributed by atoms with Crippen molar-refractivity contribution in [2.75, 3.05) is 18.5 Å². The summed E-state index contributed by atoms with van der Waals surface area (Å²) in [6, 6.07) is 11.5. The Labute approximate surface area is 169 Å². The molecular formula is C20H17BrN4O3. The monoisotopic (exact) mass is 440 g/mol. The molecule has 4 heterocycles. The van der Waals surface area contributed by atoms with E-state index in [2.05, 4.69) is 26.2 Å². The van der Waals surface area contributed by atoms with Crippen LogP contribution < -0.4 is 14.8 Å². The second-order valence-electron chi connectivity index (χ2n) is 6.57. The van der Waals surface area contributed by atoms with E-state index in [0.717, 1.165) is 34.4 Å². The molecule has 0 aliphatic carbocycles.